The molecule has 1 aliphatic rings. The topological polar surface area (TPSA) is 37.3 Å². The molecule has 0 aromatic heterocycles. The number of halogens is 1. The van der Waals surface area contributed by atoms with Crippen molar-refractivity contribution in [1.29, 1.82) is 0 Å². The van der Waals surface area contributed by atoms with E-state index in [-0.39, 0.29) is 0 Å². The SMILES string of the molecule is Cc1cc(Br)cc(C2(C(=O)O)CCC2)c1. The van der Waals surface area contributed by atoms with E-state index >= 15 is 0 Å². The maximum Gasteiger partial charge on any atom is 0.314 e. The molecule has 0 amide bonds. The van der Waals surface area contributed by atoms with Gasteiger partial charge in [-0.2, -0.15) is 0 Å². The molecule has 1 fully saturated rings. The number of benzene rings is 1. The van der Waals surface area contributed by atoms with E-state index in [1.54, 1.807) is 0 Å². The third kappa shape index (κ3) is 1.69. The summed E-state index contributed by atoms with van der Waals surface area (Å²) in [5.74, 6) is -0.689. The number of aliphatic carboxylic acids is 1. The van der Waals surface area contributed by atoms with Crippen molar-refractivity contribution in [2.24, 2.45) is 0 Å². The molecule has 1 N–H and O–H groups in total. The lowest BCUT2D eigenvalue weighted by Gasteiger charge is -2.38. The summed E-state index contributed by atoms with van der Waals surface area (Å²) in [4.78, 5) is 11.3. The van der Waals surface area contributed by atoms with E-state index in [4.69, 9.17) is 0 Å². The number of hydrogen-bond acceptors (Lipinski definition) is 1. The Balaban J connectivity index is 2.47. The normalized spacial score (nSPS) is 18.3. The summed E-state index contributed by atoms with van der Waals surface area (Å²) < 4.78 is 0.963. The van der Waals surface area contributed by atoms with Gasteiger partial charge in [0.25, 0.3) is 0 Å². The van der Waals surface area contributed by atoms with E-state index in [1.165, 1.54) is 0 Å². The molecule has 1 aromatic carbocycles. The Morgan fingerprint density at radius 1 is 1.40 bits per heavy atom. The number of carboxylic acid groups (broad SMARTS) is 1. The first kappa shape index (κ1) is 10.7. The molecule has 0 spiro atoms. The third-order valence-corrected chi connectivity index (χ3v) is 3.67. The van der Waals surface area contributed by atoms with Crippen LogP contribution in [0.5, 0.6) is 0 Å². The molecule has 0 aliphatic heterocycles. The van der Waals surface area contributed by atoms with Crippen molar-refractivity contribution in [2.45, 2.75) is 31.6 Å². The van der Waals surface area contributed by atoms with Gasteiger partial charge < -0.3 is 5.11 Å². The lowest BCUT2D eigenvalue weighted by molar-refractivity contribution is -0.147. The van der Waals surface area contributed by atoms with Crippen molar-refractivity contribution in [3.05, 3.63) is 33.8 Å². The molecule has 2 nitrogen and oxygen atoms in total. The van der Waals surface area contributed by atoms with Crippen molar-refractivity contribution < 1.29 is 9.90 Å². The number of rotatable bonds is 2. The van der Waals surface area contributed by atoms with Gasteiger partial charge in [0.1, 0.15) is 0 Å². The minimum absolute atomic E-state index is 0.617. The summed E-state index contributed by atoms with van der Waals surface area (Å²) in [6.07, 6.45) is 2.54. The summed E-state index contributed by atoms with van der Waals surface area (Å²) in [6, 6.07) is 5.91. The van der Waals surface area contributed by atoms with E-state index in [9.17, 15) is 9.90 Å². The number of aryl methyl sites for hydroxylation is 1. The highest BCUT2D eigenvalue weighted by atomic mass is 79.9. The monoisotopic (exact) mass is 268 g/mol. The molecule has 0 bridgehead atoms. The van der Waals surface area contributed by atoms with Crippen LogP contribution >= 0.6 is 15.9 Å². The van der Waals surface area contributed by atoms with Gasteiger partial charge in [-0.3, -0.25) is 4.79 Å². The van der Waals surface area contributed by atoms with Crippen LogP contribution in [0.3, 0.4) is 0 Å². The molecule has 15 heavy (non-hydrogen) atoms. The Morgan fingerprint density at radius 3 is 2.47 bits per heavy atom. The van der Waals surface area contributed by atoms with Crippen molar-refractivity contribution in [3.8, 4) is 0 Å². The second kappa shape index (κ2) is 3.63. The van der Waals surface area contributed by atoms with Crippen LogP contribution in [-0.4, -0.2) is 11.1 Å². The Morgan fingerprint density at radius 2 is 2.07 bits per heavy atom. The number of carboxylic acids is 1. The second-order valence-electron chi connectivity index (χ2n) is 4.26. The minimum Gasteiger partial charge on any atom is -0.481 e. The maximum absolute atomic E-state index is 11.3. The van der Waals surface area contributed by atoms with Crippen LogP contribution in [0.15, 0.2) is 22.7 Å². The quantitative estimate of drug-likeness (QED) is 0.894. The first-order valence-electron chi connectivity index (χ1n) is 5.06. The van der Waals surface area contributed by atoms with Crippen LogP contribution in [0.25, 0.3) is 0 Å². The van der Waals surface area contributed by atoms with Crippen LogP contribution in [0.2, 0.25) is 0 Å². The molecule has 0 saturated heterocycles. The van der Waals surface area contributed by atoms with Gasteiger partial charge in [-0.15, -0.1) is 0 Å². The van der Waals surface area contributed by atoms with Gasteiger partial charge in [-0.05, 0) is 43.0 Å². The van der Waals surface area contributed by atoms with Crippen molar-refractivity contribution in [1.82, 2.24) is 0 Å². The van der Waals surface area contributed by atoms with Gasteiger partial charge >= 0.3 is 5.97 Å². The minimum atomic E-state index is -0.689. The van der Waals surface area contributed by atoms with Crippen LogP contribution in [0, 0.1) is 6.92 Å². The summed E-state index contributed by atoms with van der Waals surface area (Å²) in [7, 11) is 0. The summed E-state index contributed by atoms with van der Waals surface area (Å²) in [5.41, 5.74) is 1.43. The summed E-state index contributed by atoms with van der Waals surface area (Å²) >= 11 is 3.41. The molecule has 0 atom stereocenters. The molecule has 0 heterocycles. The largest absolute Gasteiger partial charge is 0.481 e. The van der Waals surface area contributed by atoms with Crippen LogP contribution in [0.4, 0.5) is 0 Å². The van der Waals surface area contributed by atoms with E-state index in [0.717, 1.165) is 34.9 Å². The van der Waals surface area contributed by atoms with Gasteiger partial charge in [0, 0.05) is 4.47 Å². The zero-order valence-electron chi connectivity index (χ0n) is 8.59. The van der Waals surface area contributed by atoms with Crippen molar-refractivity contribution >= 4 is 21.9 Å². The standard InChI is InChI=1S/C12H13BrO2/c1-8-5-9(7-10(13)6-8)12(11(14)15)3-2-4-12/h5-7H,2-4H2,1H3,(H,14,15). The molecular formula is C12H13BrO2. The molecule has 0 radical (unpaired) electrons. The fraction of sp³-hybridized carbons (Fsp3) is 0.417. The Bertz CT molecular complexity index is 388. The smallest absolute Gasteiger partial charge is 0.314 e. The average molecular weight is 269 g/mol. The zero-order chi connectivity index (χ0) is 11.1. The van der Waals surface area contributed by atoms with Crippen molar-refractivity contribution in [3.63, 3.8) is 0 Å². The van der Waals surface area contributed by atoms with Gasteiger partial charge in [0.2, 0.25) is 0 Å². The number of hydrogen-bond donors (Lipinski definition) is 1. The summed E-state index contributed by atoms with van der Waals surface area (Å²) in [5, 5.41) is 9.30. The van der Waals surface area contributed by atoms with Crippen LogP contribution in [0.1, 0.15) is 30.4 Å². The highest BCUT2D eigenvalue weighted by molar-refractivity contribution is 9.10. The fourth-order valence-electron chi connectivity index (χ4n) is 2.17. The highest BCUT2D eigenvalue weighted by Crippen LogP contribution is 2.44. The third-order valence-electron chi connectivity index (χ3n) is 3.21. The van der Waals surface area contributed by atoms with E-state index in [2.05, 4.69) is 15.9 Å². The van der Waals surface area contributed by atoms with E-state index < -0.39 is 11.4 Å². The fourth-order valence-corrected chi connectivity index (χ4v) is 2.78. The van der Waals surface area contributed by atoms with Crippen LogP contribution < -0.4 is 0 Å². The predicted molar refractivity (Wildman–Crippen MR) is 62.0 cm³/mol. The average Bonchev–Trinajstić information content (AvgIpc) is 1.97. The summed E-state index contributed by atoms with van der Waals surface area (Å²) in [6.45, 7) is 1.99. The molecule has 1 aliphatic carbocycles. The first-order chi connectivity index (χ1) is 7.04. The van der Waals surface area contributed by atoms with Gasteiger partial charge in [-0.25, -0.2) is 0 Å². The van der Waals surface area contributed by atoms with E-state index in [1.807, 2.05) is 25.1 Å². The zero-order valence-corrected chi connectivity index (χ0v) is 10.2. The molecule has 1 aromatic rings. The lowest BCUT2D eigenvalue weighted by atomic mass is 9.64. The Kier molecular flexibility index (Phi) is 2.59. The predicted octanol–water partition coefficient (Wildman–Crippen LogP) is 3.26. The van der Waals surface area contributed by atoms with Gasteiger partial charge in [-0.1, -0.05) is 28.4 Å². The number of carbonyl (C=O) groups is 1. The molecule has 2 rings (SSSR count). The first-order valence-corrected chi connectivity index (χ1v) is 5.85. The molecule has 0 unspecified atom stereocenters. The molecule has 1 saturated carbocycles. The molecular weight excluding hydrogens is 256 g/mol. The van der Waals surface area contributed by atoms with Crippen LogP contribution in [-0.2, 0) is 10.2 Å². The molecule has 3 heteroatoms. The maximum atomic E-state index is 11.3. The lowest BCUT2D eigenvalue weighted by Crippen LogP contribution is -2.42. The molecule has 80 valence electrons. The van der Waals surface area contributed by atoms with Gasteiger partial charge in [0.15, 0.2) is 0 Å². The van der Waals surface area contributed by atoms with Crippen molar-refractivity contribution in [2.75, 3.05) is 0 Å². The second-order valence-corrected chi connectivity index (χ2v) is 5.17. The van der Waals surface area contributed by atoms with E-state index in [0.29, 0.717) is 0 Å². The Hall–Kier alpha value is -0.830. The highest BCUT2D eigenvalue weighted by Gasteiger charge is 2.45. The Labute approximate surface area is 97.4 Å². The van der Waals surface area contributed by atoms with Gasteiger partial charge in [0.05, 0.1) is 5.41 Å².